The molecule has 0 bridgehead atoms. The summed E-state index contributed by atoms with van der Waals surface area (Å²) in [6.45, 7) is 2.99. The first-order chi connectivity index (χ1) is 31.8. The molecule has 0 aromatic heterocycles. The second kappa shape index (κ2) is 39.9. The lowest BCUT2D eigenvalue weighted by Crippen LogP contribution is -2.64. The third-order valence-electron chi connectivity index (χ3n) is 10.8. The molecule has 9 atom stereocenters. The molecule has 1 saturated carbocycles. The Balaban J connectivity index is 2.52. The first-order valence-corrected chi connectivity index (χ1v) is 26.0. The smallest absolute Gasteiger partial charge is 0.462 e. The van der Waals surface area contributed by atoms with Crippen LogP contribution in [0.4, 0.5) is 0 Å². The van der Waals surface area contributed by atoms with Crippen LogP contribution < -0.4 is 0 Å². The number of hydrogen-bond acceptors (Lipinski definition) is 13. The number of carbonyl (C=O) groups excluding carboxylic acids is 2. The van der Waals surface area contributed by atoms with Crippen LogP contribution in [0.2, 0.25) is 0 Å². The first-order valence-electron chi connectivity index (χ1n) is 24.5. The first kappa shape index (κ1) is 61.0. The Kier molecular flexibility index (Phi) is 36.9. The van der Waals surface area contributed by atoms with Crippen LogP contribution in [0.15, 0.2) is 85.1 Å². The quantitative estimate of drug-likeness (QED) is 0.0100. The lowest BCUT2D eigenvalue weighted by atomic mass is 9.85. The Morgan fingerprint density at radius 2 is 1.05 bits per heavy atom. The summed E-state index contributed by atoms with van der Waals surface area (Å²) in [6, 6.07) is 0. The summed E-state index contributed by atoms with van der Waals surface area (Å²) in [5.41, 5.74) is 0. The van der Waals surface area contributed by atoms with Crippen LogP contribution in [0.1, 0.15) is 162 Å². The zero-order valence-corrected chi connectivity index (χ0v) is 40.7. The highest BCUT2D eigenvalue weighted by Crippen LogP contribution is 2.47. The number of allylic oxidation sites excluding steroid dienone is 13. The Morgan fingerprint density at radius 3 is 1.62 bits per heavy atom. The van der Waals surface area contributed by atoms with Crippen LogP contribution in [-0.2, 0) is 32.7 Å². The summed E-state index contributed by atoms with van der Waals surface area (Å²) < 4.78 is 33.4. The van der Waals surface area contributed by atoms with Gasteiger partial charge < -0.3 is 45.0 Å². The molecular formula is C51H85O14P. The molecule has 0 heterocycles. The highest BCUT2D eigenvalue weighted by molar-refractivity contribution is 7.47. The van der Waals surface area contributed by atoms with Gasteiger partial charge in [0.25, 0.3) is 0 Å². The largest absolute Gasteiger partial charge is 0.472 e. The Hall–Kier alpha value is -3.01. The molecular weight excluding hydrogens is 868 g/mol. The standard InChI is InChI=1S/C51H85O14P/c1-3-5-7-9-11-13-15-17-18-19-20-21-22-24-26-28-30-32-34-38-45(54)64-43(41-63-66(60,61)65-51-49(58)47(56)46(55)48(57)50(51)59)40-62-44(53)39-35-37-42(52)36-33-31-29-27-25-23-16-14-12-10-8-6-4-2/h6,8,11-14,17-18,23,25,29,31,33,36,42-43,46-52,55-59H,3-5,7,9-10,15-16,19-22,24,26-28,30,32,34-35,37-41H2,1-2H3,(H,60,61)/b8-6-,13-11-,14-12-,18-17-,25-23-,31-29-,36-33+/t42?,43-,46?,47-,48+,49-,50-,51?/m1/s1. The predicted octanol–water partition coefficient (Wildman–Crippen LogP) is 9.03. The van der Waals surface area contributed by atoms with E-state index in [0.717, 1.165) is 70.6 Å². The Labute approximate surface area is 395 Å². The van der Waals surface area contributed by atoms with E-state index >= 15 is 0 Å². The van der Waals surface area contributed by atoms with Gasteiger partial charge in [-0.2, -0.15) is 0 Å². The molecule has 0 aromatic rings. The van der Waals surface area contributed by atoms with Gasteiger partial charge in [-0.3, -0.25) is 18.6 Å². The van der Waals surface area contributed by atoms with Gasteiger partial charge in [0.2, 0.25) is 0 Å². The molecule has 7 N–H and O–H groups in total. The number of esters is 2. The summed E-state index contributed by atoms with van der Waals surface area (Å²) in [5.74, 6) is -1.31. The van der Waals surface area contributed by atoms with Gasteiger partial charge in [0.05, 0.1) is 12.7 Å². The van der Waals surface area contributed by atoms with Crippen molar-refractivity contribution < 1.29 is 68.2 Å². The zero-order valence-electron chi connectivity index (χ0n) is 39.8. The van der Waals surface area contributed by atoms with Gasteiger partial charge in [-0.25, -0.2) is 4.57 Å². The molecule has 1 fully saturated rings. The molecule has 1 rings (SSSR count). The van der Waals surface area contributed by atoms with E-state index in [2.05, 4.69) is 74.6 Å². The second-order valence-electron chi connectivity index (χ2n) is 16.8. The molecule has 0 spiro atoms. The molecule has 0 radical (unpaired) electrons. The fourth-order valence-corrected chi connectivity index (χ4v) is 7.85. The summed E-state index contributed by atoms with van der Waals surface area (Å²) in [4.78, 5) is 35.8. The number of carbonyl (C=O) groups is 2. The van der Waals surface area contributed by atoms with Crippen molar-refractivity contribution in [3.8, 4) is 0 Å². The van der Waals surface area contributed by atoms with E-state index in [-0.39, 0.29) is 25.7 Å². The number of hydrogen-bond donors (Lipinski definition) is 7. The number of phosphoric ester groups is 1. The highest BCUT2D eigenvalue weighted by atomic mass is 31.2. The van der Waals surface area contributed by atoms with Gasteiger partial charge >= 0.3 is 19.8 Å². The van der Waals surface area contributed by atoms with Gasteiger partial charge in [0.15, 0.2) is 6.10 Å². The fourth-order valence-electron chi connectivity index (χ4n) is 6.87. The van der Waals surface area contributed by atoms with Crippen LogP contribution in [0.5, 0.6) is 0 Å². The second-order valence-corrected chi connectivity index (χ2v) is 18.2. The number of ether oxygens (including phenoxy) is 2. The van der Waals surface area contributed by atoms with E-state index in [9.17, 15) is 49.7 Å². The Morgan fingerprint density at radius 1 is 0.561 bits per heavy atom. The third kappa shape index (κ3) is 31.9. The van der Waals surface area contributed by atoms with Crippen molar-refractivity contribution >= 4 is 19.8 Å². The summed E-state index contributed by atoms with van der Waals surface area (Å²) >= 11 is 0. The van der Waals surface area contributed by atoms with Crippen molar-refractivity contribution in [2.45, 2.75) is 210 Å². The van der Waals surface area contributed by atoms with Crippen molar-refractivity contribution in [2.24, 2.45) is 0 Å². The number of unbranched alkanes of at least 4 members (excludes halogenated alkanes) is 12. The van der Waals surface area contributed by atoms with E-state index in [4.69, 9.17) is 18.5 Å². The normalized spacial score (nSPS) is 22.5. The molecule has 1 aliphatic carbocycles. The molecule has 0 saturated heterocycles. The van der Waals surface area contributed by atoms with Crippen molar-refractivity contribution in [2.75, 3.05) is 13.2 Å². The van der Waals surface area contributed by atoms with Crippen LogP contribution in [0, 0.1) is 0 Å². The maximum atomic E-state index is 12.8. The van der Waals surface area contributed by atoms with E-state index in [1.807, 2.05) is 12.2 Å². The molecule has 4 unspecified atom stereocenters. The lowest BCUT2D eigenvalue weighted by Gasteiger charge is -2.41. The number of rotatable bonds is 39. The summed E-state index contributed by atoms with van der Waals surface area (Å²) in [7, 11) is -5.17. The maximum absolute atomic E-state index is 12.8. The summed E-state index contributed by atoms with van der Waals surface area (Å²) in [6.07, 6.45) is 35.0. The van der Waals surface area contributed by atoms with Crippen molar-refractivity contribution in [3.63, 3.8) is 0 Å². The van der Waals surface area contributed by atoms with Crippen LogP contribution in [-0.4, -0.2) is 110 Å². The van der Waals surface area contributed by atoms with E-state index in [0.29, 0.717) is 6.42 Å². The topological polar surface area (TPSA) is 230 Å². The van der Waals surface area contributed by atoms with Crippen LogP contribution in [0.25, 0.3) is 0 Å². The molecule has 0 aromatic carbocycles. The van der Waals surface area contributed by atoms with Crippen molar-refractivity contribution in [1.29, 1.82) is 0 Å². The minimum atomic E-state index is -5.17. The molecule has 1 aliphatic rings. The molecule has 15 heteroatoms. The van der Waals surface area contributed by atoms with Gasteiger partial charge in [-0.05, 0) is 77.0 Å². The molecule has 66 heavy (non-hydrogen) atoms. The van der Waals surface area contributed by atoms with Crippen LogP contribution in [0.3, 0.4) is 0 Å². The highest BCUT2D eigenvalue weighted by Gasteiger charge is 2.51. The van der Waals surface area contributed by atoms with E-state index < -0.39 is 81.8 Å². The predicted molar refractivity (Wildman–Crippen MR) is 259 cm³/mol. The lowest BCUT2D eigenvalue weighted by molar-refractivity contribution is -0.220. The van der Waals surface area contributed by atoms with Gasteiger partial charge in [0, 0.05) is 12.8 Å². The zero-order chi connectivity index (χ0) is 48.7. The number of phosphoric acid groups is 1. The van der Waals surface area contributed by atoms with E-state index in [1.54, 1.807) is 12.2 Å². The third-order valence-corrected chi connectivity index (χ3v) is 11.8. The minimum Gasteiger partial charge on any atom is -0.462 e. The monoisotopic (exact) mass is 953 g/mol. The number of aliphatic hydroxyl groups excluding tert-OH is 6. The number of aliphatic hydroxyl groups is 6. The van der Waals surface area contributed by atoms with E-state index in [1.165, 1.54) is 44.9 Å². The molecule has 0 aliphatic heterocycles. The van der Waals surface area contributed by atoms with Crippen molar-refractivity contribution in [3.05, 3.63) is 85.1 Å². The minimum absolute atomic E-state index is 0.0464. The van der Waals surface area contributed by atoms with Gasteiger partial charge in [-0.15, -0.1) is 0 Å². The molecule has 14 nitrogen and oxygen atoms in total. The molecule has 378 valence electrons. The fraction of sp³-hybridized carbons (Fsp3) is 0.686. The molecule has 0 amide bonds. The van der Waals surface area contributed by atoms with Crippen LogP contribution >= 0.6 is 7.82 Å². The van der Waals surface area contributed by atoms with Crippen molar-refractivity contribution in [1.82, 2.24) is 0 Å². The average molecular weight is 953 g/mol. The average Bonchev–Trinajstić information content (AvgIpc) is 3.29. The SMILES string of the molecule is CC/C=C\C/C=C\C/C=C\C/C=C\C=C\C(O)CCCC(=O)OC[C@H](COP(=O)(O)OC1[C@H](O)[C@H](O)C(O)[C@H](O)[C@H]1O)OC(=O)CCCCCCCCCCC/C=C\C/C=C\CCCCC. The Bertz CT molecular complexity index is 1490. The maximum Gasteiger partial charge on any atom is 0.472 e. The summed E-state index contributed by atoms with van der Waals surface area (Å²) in [5, 5.41) is 60.5. The van der Waals surface area contributed by atoms with Gasteiger partial charge in [-0.1, -0.05) is 157 Å². The van der Waals surface area contributed by atoms with Gasteiger partial charge in [0.1, 0.15) is 43.2 Å².